The molecule has 0 radical (unpaired) electrons. The number of aromatic nitrogens is 5. The first-order chi connectivity index (χ1) is 21.5. The molecule has 5 aromatic rings. The number of amides is 1. The number of H-pyrrole nitrogens is 1. The summed E-state index contributed by atoms with van der Waals surface area (Å²) < 4.78 is 0. The Morgan fingerprint density at radius 1 is 0.977 bits per heavy atom. The molecule has 44 heavy (non-hydrogen) atoms. The Balaban J connectivity index is 0.000000266. The molecule has 2 unspecified atom stereocenters. The van der Waals surface area contributed by atoms with Crippen molar-refractivity contribution in [2.45, 2.75) is 64.2 Å². The first kappa shape index (κ1) is 31.2. The highest BCUT2D eigenvalue weighted by Crippen LogP contribution is 2.43. The Labute approximate surface area is 265 Å². The molecule has 1 aliphatic carbocycles. The fourth-order valence-electron chi connectivity index (χ4n) is 5.64. The minimum absolute atomic E-state index is 0.0703. The molecule has 3 aromatic heterocycles. The number of aromatic amines is 1. The van der Waals surface area contributed by atoms with Crippen molar-refractivity contribution in [1.29, 1.82) is 0 Å². The molecule has 11 heteroatoms. The molecule has 228 valence electrons. The van der Waals surface area contributed by atoms with Gasteiger partial charge < -0.3 is 20.4 Å². The normalized spacial score (nSPS) is 16.4. The molecule has 0 saturated heterocycles. The largest absolute Gasteiger partial charge is 0.363 e. The van der Waals surface area contributed by atoms with Crippen molar-refractivity contribution in [3.63, 3.8) is 0 Å². The number of aldehydes is 1. The van der Waals surface area contributed by atoms with Gasteiger partial charge in [0.2, 0.25) is 16.2 Å². The van der Waals surface area contributed by atoms with Crippen LogP contribution in [-0.2, 0) is 22.4 Å². The van der Waals surface area contributed by atoms with Crippen LogP contribution < -0.4 is 10.6 Å². The van der Waals surface area contributed by atoms with Crippen LogP contribution >= 0.6 is 22.7 Å². The summed E-state index contributed by atoms with van der Waals surface area (Å²) in [6.45, 7) is 4.05. The molecule has 2 aromatic carbocycles. The lowest BCUT2D eigenvalue weighted by atomic mass is 9.82. The lowest BCUT2D eigenvalue weighted by Crippen LogP contribution is -2.15. The fourth-order valence-corrected chi connectivity index (χ4v) is 7.40. The van der Waals surface area contributed by atoms with E-state index in [0.29, 0.717) is 29.8 Å². The van der Waals surface area contributed by atoms with Gasteiger partial charge >= 0.3 is 0 Å². The number of carbonyl (C=O) groups excluding carboxylic acids is 2. The zero-order chi connectivity index (χ0) is 30.9. The summed E-state index contributed by atoms with van der Waals surface area (Å²) in [5.74, 6) is 0.678. The van der Waals surface area contributed by atoms with Gasteiger partial charge in [-0.2, -0.15) is 0 Å². The number of carbonyl (C=O) groups is 2. The first-order valence-electron chi connectivity index (χ1n) is 14.8. The van der Waals surface area contributed by atoms with E-state index in [0.717, 1.165) is 80.3 Å². The standard InChI is InChI=1S/C23H28N6OS2.C10H9NO/c1-4-7-18-14(2)8-5-9-15(18)13-19(30)25-23-29-27-21(32-23)17-11-6-10-16(12-17)20-26-28-22(24-3)31-20;12-7-5-8-2-1-3-10-9(8)4-6-11-10/h4-5,7-9,16-17H,6,10-13H2,1-3H3,(H,24,28)(H,25,29,30);1-4,6-7,11H,5H2/b7-4-;. The smallest absolute Gasteiger partial charge is 0.230 e. The van der Waals surface area contributed by atoms with Gasteiger partial charge in [-0.15, -0.1) is 20.4 Å². The van der Waals surface area contributed by atoms with Crippen molar-refractivity contribution in [1.82, 2.24) is 25.4 Å². The van der Waals surface area contributed by atoms with Crippen molar-refractivity contribution in [2.24, 2.45) is 0 Å². The number of rotatable bonds is 9. The maximum Gasteiger partial charge on any atom is 0.230 e. The number of fused-ring (bicyclic) bond motifs is 1. The third-order valence-corrected chi connectivity index (χ3v) is 9.91. The second-order valence-electron chi connectivity index (χ2n) is 10.8. The number of nitrogens with zero attached hydrogens (tertiary/aromatic N) is 4. The molecule has 0 aliphatic heterocycles. The number of allylic oxidation sites excluding steroid dienone is 1. The van der Waals surface area contributed by atoms with Gasteiger partial charge in [0.1, 0.15) is 16.3 Å². The van der Waals surface area contributed by atoms with Gasteiger partial charge in [-0.3, -0.25) is 4.79 Å². The van der Waals surface area contributed by atoms with E-state index < -0.39 is 0 Å². The molecule has 6 rings (SSSR count). The van der Waals surface area contributed by atoms with E-state index in [4.69, 9.17) is 0 Å². The molecule has 1 fully saturated rings. The molecular weight excluding hydrogens is 591 g/mol. The molecule has 3 heterocycles. The van der Waals surface area contributed by atoms with Crippen LogP contribution in [0.5, 0.6) is 0 Å². The van der Waals surface area contributed by atoms with Crippen LogP contribution in [0.2, 0.25) is 0 Å². The van der Waals surface area contributed by atoms with E-state index in [1.807, 2.05) is 62.6 Å². The second kappa shape index (κ2) is 15.0. The van der Waals surface area contributed by atoms with E-state index in [-0.39, 0.29) is 5.91 Å². The van der Waals surface area contributed by atoms with Crippen LogP contribution in [0.15, 0.2) is 54.7 Å². The third kappa shape index (κ3) is 7.64. The highest BCUT2D eigenvalue weighted by molar-refractivity contribution is 7.15. The molecule has 0 spiro atoms. The Morgan fingerprint density at radius 3 is 2.39 bits per heavy atom. The average molecular weight is 628 g/mol. The Morgan fingerprint density at radius 2 is 1.68 bits per heavy atom. The van der Waals surface area contributed by atoms with Gasteiger partial charge in [0.05, 0.1) is 6.42 Å². The van der Waals surface area contributed by atoms with Crippen LogP contribution in [-0.4, -0.2) is 44.6 Å². The van der Waals surface area contributed by atoms with Crippen molar-refractivity contribution >= 4 is 62.1 Å². The number of hydrogen-bond donors (Lipinski definition) is 3. The summed E-state index contributed by atoms with van der Waals surface area (Å²) in [4.78, 5) is 26.1. The summed E-state index contributed by atoms with van der Waals surface area (Å²) >= 11 is 3.12. The highest BCUT2D eigenvalue weighted by Gasteiger charge is 2.29. The molecule has 0 bridgehead atoms. The van der Waals surface area contributed by atoms with Gasteiger partial charge in [0, 0.05) is 42.4 Å². The van der Waals surface area contributed by atoms with Crippen molar-refractivity contribution in [3.05, 3.63) is 87.0 Å². The Bertz CT molecular complexity index is 1740. The lowest BCUT2D eigenvalue weighted by molar-refractivity contribution is -0.115. The van der Waals surface area contributed by atoms with Crippen LogP contribution in [0.3, 0.4) is 0 Å². The number of aryl methyl sites for hydroxylation is 1. The number of nitrogens with one attached hydrogen (secondary N) is 3. The lowest BCUT2D eigenvalue weighted by Gasteiger charge is -2.25. The summed E-state index contributed by atoms with van der Waals surface area (Å²) in [7, 11) is 1.87. The molecule has 1 amide bonds. The van der Waals surface area contributed by atoms with E-state index in [1.54, 1.807) is 11.3 Å². The average Bonchev–Trinajstić information content (AvgIpc) is 3.81. The molecule has 2 atom stereocenters. The van der Waals surface area contributed by atoms with Crippen molar-refractivity contribution in [2.75, 3.05) is 17.7 Å². The molecular formula is C33H37N7O2S2. The minimum Gasteiger partial charge on any atom is -0.363 e. The molecule has 1 aliphatic rings. The number of anilines is 2. The van der Waals surface area contributed by atoms with Gasteiger partial charge in [-0.25, -0.2) is 0 Å². The second-order valence-corrected chi connectivity index (χ2v) is 12.8. The van der Waals surface area contributed by atoms with Gasteiger partial charge in [0.25, 0.3) is 0 Å². The predicted octanol–water partition coefficient (Wildman–Crippen LogP) is 7.30. The van der Waals surface area contributed by atoms with Crippen LogP contribution in [0, 0.1) is 6.92 Å². The van der Waals surface area contributed by atoms with Gasteiger partial charge in [-0.05, 0) is 67.5 Å². The third-order valence-electron chi connectivity index (χ3n) is 7.80. The van der Waals surface area contributed by atoms with E-state index in [9.17, 15) is 9.59 Å². The predicted molar refractivity (Wildman–Crippen MR) is 180 cm³/mol. The van der Waals surface area contributed by atoms with Crippen molar-refractivity contribution in [3.8, 4) is 0 Å². The Hall–Kier alpha value is -4.22. The monoisotopic (exact) mass is 627 g/mol. The topological polar surface area (TPSA) is 126 Å². The Kier molecular flexibility index (Phi) is 10.6. The SMILES string of the molecule is C/C=C\c1c(C)cccc1CC(=O)Nc1nnc(C2CCCC(c3nnc(NC)s3)C2)s1.O=CCc1cccc2[nH]ccc12. The highest BCUT2D eigenvalue weighted by atomic mass is 32.1. The van der Waals surface area contributed by atoms with Gasteiger partial charge in [-0.1, -0.05) is 71.6 Å². The van der Waals surface area contributed by atoms with Gasteiger partial charge in [0.15, 0.2) is 0 Å². The maximum absolute atomic E-state index is 12.7. The summed E-state index contributed by atoms with van der Waals surface area (Å²) in [5.41, 5.74) is 5.46. The summed E-state index contributed by atoms with van der Waals surface area (Å²) in [6.07, 6.45) is 12.0. The summed E-state index contributed by atoms with van der Waals surface area (Å²) in [6, 6.07) is 14.0. The van der Waals surface area contributed by atoms with Crippen LogP contribution in [0.1, 0.15) is 76.7 Å². The number of benzene rings is 2. The first-order valence-corrected chi connectivity index (χ1v) is 16.5. The fraction of sp³-hybridized carbons (Fsp3) is 0.333. The minimum atomic E-state index is -0.0703. The quantitative estimate of drug-likeness (QED) is 0.146. The molecule has 1 saturated carbocycles. The zero-order valence-electron chi connectivity index (χ0n) is 25.2. The van der Waals surface area contributed by atoms with Crippen LogP contribution in [0.25, 0.3) is 17.0 Å². The molecule has 9 nitrogen and oxygen atoms in total. The maximum atomic E-state index is 12.7. The van der Waals surface area contributed by atoms with E-state index >= 15 is 0 Å². The zero-order valence-corrected chi connectivity index (χ0v) is 26.8. The van der Waals surface area contributed by atoms with Crippen LogP contribution in [0.4, 0.5) is 10.3 Å². The van der Waals surface area contributed by atoms with Crippen molar-refractivity contribution < 1.29 is 9.59 Å². The van der Waals surface area contributed by atoms with E-state index in [2.05, 4.69) is 55.1 Å². The number of hydrogen-bond acceptors (Lipinski definition) is 9. The molecule has 3 N–H and O–H groups in total. The van der Waals surface area contributed by atoms with E-state index in [1.165, 1.54) is 11.3 Å². The summed E-state index contributed by atoms with van der Waals surface area (Å²) in [5, 5.41) is 27.9.